The molecule has 0 radical (unpaired) electrons. The molecule has 5 heteroatoms. The standard InChI is InChI=1S/C14H21N3OS/c1-3-8-15-11(9-18-2)10-19-14-16-12-6-4-5-7-13(12)17-14/h4-7,11,15H,3,8-10H2,1-2H3,(H,16,17). The molecule has 0 aliphatic heterocycles. The molecule has 0 fully saturated rings. The van der Waals surface area contributed by atoms with Crippen LogP contribution < -0.4 is 5.32 Å². The topological polar surface area (TPSA) is 49.9 Å². The molecule has 0 amide bonds. The van der Waals surface area contributed by atoms with Gasteiger partial charge in [-0.2, -0.15) is 0 Å². The number of hydrogen-bond donors (Lipinski definition) is 2. The molecule has 0 aliphatic rings. The summed E-state index contributed by atoms with van der Waals surface area (Å²) < 4.78 is 5.24. The van der Waals surface area contributed by atoms with Crippen LogP contribution in [0, 0.1) is 0 Å². The molecule has 2 N–H and O–H groups in total. The fourth-order valence-electron chi connectivity index (χ4n) is 1.89. The van der Waals surface area contributed by atoms with Crippen molar-refractivity contribution in [1.82, 2.24) is 15.3 Å². The molecule has 104 valence electrons. The number of hydrogen-bond acceptors (Lipinski definition) is 4. The highest BCUT2D eigenvalue weighted by molar-refractivity contribution is 7.99. The van der Waals surface area contributed by atoms with E-state index in [0.717, 1.165) is 41.5 Å². The van der Waals surface area contributed by atoms with Crippen LogP contribution in [0.25, 0.3) is 11.0 Å². The lowest BCUT2D eigenvalue weighted by Crippen LogP contribution is -2.35. The molecule has 0 aliphatic carbocycles. The molecule has 0 saturated carbocycles. The van der Waals surface area contributed by atoms with Gasteiger partial charge in [0.1, 0.15) is 0 Å². The van der Waals surface area contributed by atoms with Crippen molar-refractivity contribution in [2.45, 2.75) is 24.5 Å². The second-order valence-electron chi connectivity index (χ2n) is 4.48. The molecule has 1 aromatic carbocycles. The average molecular weight is 279 g/mol. The minimum atomic E-state index is 0.364. The van der Waals surface area contributed by atoms with Crippen molar-refractivity contribution < 1.29 is 4.74 Å². The van der Waals surface area contributed by atoms with Gasteiger partial charge in [-0.15, -0.1) is 0 Å². The number of aromatic amines is 1. The van der Waals surface area contributed by atoms with Gasteiger partial charge in [-0.1, -0.05) is 30.8 Å². The average Bonchev–Trinajstić information content (AvgIpc) is 2.84. The molecule has 19 heavy (non-hydrogen) atoms. The van der Waals surface area contributed by atoms with Gasteiger partial charge in [0, 0.05) is 18.9 Å². The van der Waals surface area contributed by atoms with E-state index in [-0.39, 0.29) is 0 Å². The Morgan fingerprint density at radius 3 is 3.00 bits per heavy atom. The molecule has 1 aromatic heterocycles. The number of imidazole rings is 1. The predicted molar refractivity (Wildman–Crippen MR) is 80.8 cm³/mol. The molecule has 4 nitrogen and oxygen atoms in total. The third kappa shape index (κ3) is 4.23. The van der Waals surface area contributed by atoms with E-state index in [4.69, 9.17) is 4.74 Å². The first-order chi connectivity index (χ1) is 9.33. The Balaban J connectivity index is 1.91. The maximum Gasteiger partial charge on any atom is 0.166 e. The highest BCUT2D eigenvalue weighted by Gasteiger charge is 2.10. The first kappa shape index (κ1) is 14.4. The van der Waals surface area contributed by atoms with E-state index in [0.29, 0.717) is 6.04 Å². The van der Waals surface area contributed by atoms with Gasteiger partial charge in [0.15, 0.2) is 5.16 Å². The highest BCUT2D eigenvalue weighted by atomic mass is 32.2. The first-order valence-corrected chi connectivity index (χ1v) is 7.62. The van der Waals surface area contributed by atoms with Crippen molar-refractivity contribution >= 4 is 22.8 Å². The molecule has 1 atom stereocenters. The summed E-state index contributed by atoms with van der Waals surface area (Å²) in [5.41, 5.74) is 2.12. The SMILES string of the molecule is CCCNC(COC)CSc1nc2ccccc2[nH]1. The smallest absolute Gasteiger partial charge is 0.166 e. The fourth-order valence-corrected chi connectivity index (χ4v) is 2.81. The Morgan fingerprint density at radius 1 is 1.42 bits per heavy atom. The zero-order valence-corrected chi connectivity index (χ0v) is 12.3. The van der Waals surface area contributed by atoms with E-state index in [1.165, 1.54) is 0 Å². The van der Waals surface area contributed by atoms with Crippen LogP contribution in [0.4, 0.5) is 0 Å². The lowest BCUT2D eigenvalue weighted by Gasteiger charge is -2.16. The predicted octanol–water partition coefficient (Wildman–Crippen LogP) is 2.67. The summed E-state index contributed by atoms with van der Waals surface area (Å²) >= 11 is 1.74. The van der Waals surface area contributed by atoms with Crippen molar-refractivity contribution in [3.8, 4) is 0 Å². The number of nitrogens with one attached hydrogen (secondary N) is 2. The van der Waals surface area contributed by atoms with Gasteiger partial charge in [0.2, 0.25) is 0 Å². The zero-order valence-electron chi connectivity index (χ0n) is 11.5. The summed E-state index contributed by atoms with van der Waals surface area (Å²) in [4.78, 5) is 7.90. The van der Waals surface area contributed by atoms with Crippen molar-refractivity contribution in [3.05, 3.63) is 24.3 Å². The monoisotopic (exact) mass is 279 g/mol. The number of nitrogens with zero attached hydrogens (tertiary/aromatic N) is 1. The van der Waals surface area contributed by atoms with Crippen LogP contribution >= 0.6 is 11.8 Å². The van der Waals surface area contributed by atoms with Crippen molar-refractivity contribution in [1.29, 1.82) is 0 Å². The van der Waals surface area contributed by atoms with Crippen molar-refractivity contribution in [2.75, 3.05) is 26.0 Å². The lowest BCUT2D eigenvalue weighted by molar-refractivity contribution is 0.174. The number of aromatic nitrogens is 2. The second-order valence-corrected chi connectivity index (χ2v) is 5.49. The lowest BCUT2D eigenvalue weighted by atomic mass is 10.3. The Labute approximate surface area is 118 Å². The Morgan fingerprint density at radius 2 is 2.26 bits per heavy atom. The minimum Gasteiger partial charge on any atom is -0.383 e. The number of para-hydroxylation sites is 2. The van der Waals surface area contributed by atoms with Crippen LogP contribution in [0.15, 0.2) is 29.4 Å². The molecule has 0 saturated heterocycles. The van der Waals surface area contributed by atoms with Crippen LogP contribution in [-0.2, 0) is 4.74 Å². The van der Waals surface area contributed by atoms with Gasteiger partial charge >= 0.3 is 0 Å². The van der Waals surface area contributed by atoms with Crippen LogP contribution in [0.2, 0.25) is 0 Å². The molecule has 2 aromatic rings. The highest BCUT2D eigenvalue weighted by Crippen LogP contribution is 2.19. The summed E-state index contributed by atoms with van der Waals surface area (Å²) in [5.74, 6) is 0.952. The summed E-state index contributed by atoms with van der Waals surface area (Å²) in [6.45, 7) is 3.92. The number of methoxy groups -OCH3 is 1. The number of rotatable bonds is 8. The zero-order chi connectivity index (χ0) is 13.5. The molecular formula is C14H21N3OS. The van der Waals surface area contributed by atoms with Crippen LogP contribution in [-0.4, -0.2) is 42.0 Å². The van der Waals surface area contributed by atoms with Crippen LogP contribution in [0.5, 0.6) is 0 Å². The quantitative estimate of drug-likeness (QED) is 0.729. The molecule has 1 unspecified atom stereocenters. The van der Waals surface area contributed by atoms with Gasteiger partial charge in [-0.3, -0.25) is 0 Å². The van der Waals surface area contributed by atoms with Gasteiger partial charge in [0.05, 0.1) is 17.6 Å². The van der Waals surface area contributed by atoms with Crippen molar-refractivity contribution in [3.63, 3.8) is 0 Å². The normalized spacial score (nSPS) is 12.9. The summed E-state index contributed by atoms with van der Waals surface area (Å²) in [5, 5.41) is 4.46. The van der Waals surface area contributed by atoms with E-state index in [1.807, 2.05) is 24.3 Å². The maximum absolute atomic E-state index is 5.24. The maximum atomic E-state index is 5.24. The van der Waals surface area contributed by atoms with Gasteiger partial charge in [-0.05, 0) is 25.1 Å². The molecule has 2 rings (SSSR count). The number of thioether (sulfide) groups is 1. The Kier molecular flexibility index (Phi) is 5.69. The number of benzene rings is 1. The molecular weight excluding hydrogens is 258 g/mol. The number of ether oxygens (including phenoxy) is 1. The second kappa shape index (κ2) is 7.53. The fraction of sp³-hybridized carbons (Fsp3) is 0.500. The van der Waals surface area contributed by atoms with E-state index in [1.54, 1.807) is 18.9 Å². The minimum absolute atomic E-state index is 0.364. The molecule has 0 spiro atoms. The van der Waals surface area contributed by atoms with Crippen molar-refractivity contribution in [2.24, 2.45) is 0 Å². The van der Waals surface area contributed by atoms with E-state index in [9.17, 15) is 0 Å². The van der Waals surface area contributed by atoms with E-state index >= 15 is 0 Å². The van der Waals surface area contributed by atoms with Gasteiger partial charge in [0.25, 0.3) is 0 Å². The summed E-state index contributed by atoms with van der Waals surface area (Å²) in [6, 6.07) is 8.47. The van der Waals surface area contributed by atoms with E-state index in [2.05, 4.69) is 22.2 Å². The van der Waals surface area contributed by atoms with Crippen LogP contribution in [0.1, 0.15) is 13.3 Å². The first-order valence-electron chi connectivity index (χ1n) is 6.63. The third-order valence-corrected chi connectivity index (χ3v) is 3.88. The number of fused-ring (bicyclic) bond motifs is 1. The third-order valence-electron chi connectivity index (χ3n) is 2.84. The largest absolute Gasteiger partial charge is 0.383 e. The Bertz CT molecular complexity index is 467. The molecule has 0 bridgehead atoms. The summed E-state index contributed by atoms with van der Waals surface area (Å²) in [6.07, 6.45) is 1.13. The molecule has 1 heterocycles. The number of H-pyrrole nitrogens is 1. The van der Waals surface area contributed by atoms with E-state index < -0.39 is 0 Å². The van der Waals surface area contributed by atoms with Gasteiger partial charge < -0.3 is 15.0 Å². The van der Waals surface area contributed by atoms with Gasteiger partial charge in [-0.25, -0.2) is 4.98 Å². The van der Waals surface area contributed by atoms with Crippen LogP contribution in [0.3, 0.4) is 0 Å². The Hall–Kier alpha value is -1.04. The summed E-state index contributed by atoms with van der Waals surface area (Å²) in [7, 11) is 1.74.